The number of aryl methyl sites for hydroxylation is 1. The van der Waals surface area contributed by atoms with Gasteiger partial charge in [0.25, 0.3) is 0 Å². The fraction of sp³-hybridized carbons (Fsp3) is 0.200. The van der Waals surface area contributed by atoms with Crippen molar-refractivity contribution < 1.29 is 23.9 Å². The second-order valence-corrected chi connectivity index (χ2v) is 7.97. The Morgan fingerprint density at radius 1 is 1.00 bits per heavy atom. The molecular formula is C25H22ClF2NO3. The number of carboxylic acid groups (broad SMARTS) is 1. The summed E-state index contributed by atoms with van der Waals surface area (Å²) >= 11 is 5.87. The molecular weight excluding hydrogens is 436 g/mol. The molecule has 166 valence electrons. The SMILES string of the molecule is O=C(O)C(F)(CCCc1ccccc1)CC(=NO)c1ccc(-c2ccc(Cl)cc2)cc1F. The van der Waals surface area contributed by atoms with Gasteiger partial charge in [-0.15, -0.1) is 0 Å². The van der Waals surface area contributed by atoms with Gasteiger partial charge < -0.3 is 10.3 Å². The van der Waals surface area contributed by atoms with Gasteiger partial charge in [0.1, 0.15) is 5.82 Å². The van der Waals surface area contributed by atoms with Crippen molar-refractivity contribution in [3.8, 4) is 11.1 Å². The Kier molecular flexibility index (Phi) is 7.59. The van der Waals surface area contributed by atoms with Gasteiger partial charge in [0.15, 0.2) is 0 Å². The minimum Gasteiger partial charge on any atom is -0.479 e. The van der Waals surface area contributed by atoms with Crippen LogP contribution >= 0.6 is 11.6 Å². The number of hydrogen-bond donors (Lipinski definition) is 2. The van der Waals surface area contributed by atoms with Crippen LogP contribution in [0.2, 0.25) is 5.02 Å². The van der Waals surface area contributed by atoms with E-state index in [9.17, 15) is 19.5 Å². The molecule has 1 unspecified atom stereocenters. The lowest BCUT2D eigenvalue weighted by Crippen LogP contribution is -2.36. The van der Waals surface area contributed by atoms with Crippen LogP contribution < -0.4 is 0 Å². The van der Waals surface area contributed by atoms with Crippen LogP contribution in [0.15, 0.2) is 78.0 Å². The van der Waals surface area contributed by atoms with Gasteiger partial charge in [0, 0.05) is 17.0 Å². The molecule has 0 saturated carbocycles. The van der Waals surface area contributed by atoms with Crippen LogP contribution in [-0.2, 0) is 11.2 Å². The fourth-order valence-corrected chi connectivity index (χ4v) is 3.64. The number of oxime groups is 1. The highest BCUT2D eigenvalue weighted by molar-refractivity contribution is 6.30. The van der Waals surface area contributed by atoms with E-state index in [0.717, 1.165) is 5.56 Å². The van der Waals surface area contributed by atoms with Gasteiger partial charge in [-0.05, 0) is 60.2 Å². The van der Waals surface area contributed by atoms with E-state index in [1.807, 2.05) is 30.3 Å². The highest BCUT2D eigenvalue weighted by atomic mass is 35.5. The molecule has 2 N–H and O–H groups in total. The first-order chi connectivity index (χ1) is 15.3. The summed E-state index contributed by atoms with van der Waals surface area (Å²) in [5.41, 5.74) is -0.995. The molecule has 0 aromatic heterocycles. The summed E-state index contributed by atoms with van der Waals surface area (Å²) < 4.78 is 30.1. The van der Waals surface area contributed by atoms with Gasteiger partial charge >= 0.3 is 5.97 Å². The minimum absolute atomic E-state index is 0.156. The molecule has 3 aromatic carbocycles. The number of halogens is 3. The van der Waals surface area contributed by atoms with E-state index in [0.29, 0.717) is 22.6 Å². The average Bonchev–Trinajstić information content (AvgIpc) is 2.79. The molecule has 3 rings (SSSR count). The van der Waals surface area contributed by atoms with Crippen LogP contribution in [0.4, 0.5) is 8.78 Å². The first-order valence-corrected chi connectivity index (χ1v) is 10.4. The van der Waals surface area contributed by atoms with Gasteiger partial charge in [0.2, 0.25) is 5.67 Å². The number of rotatable bonds is 9. The molecule has 0 heterocycles. The molecule has 3 aromatic rings. The lowest BCUT2D eigenvalue weighted by atomic mass is 9.89. The number of carboxylic acids is 1. The first-order valence-electron chi connectivity index (χ1n) is 10.1. The second kappa shape index (κ2) is 10.4. The molecule has 32 heavy (non-hydrogen) atoms. The van der Waals surface area contributed by atoms with E-state index in [1.165, 1.54) is 12.1 Å². The summed E-state index contributed by atoms with van der Waals surface area (Å²) in [4.78, 5) is 11.7. The van der Waals surface area contributed by atoms with Crippen molar-refractivity contribution in [2.24, 2.45) is 5.16 Å². The fourth-order valence-electron chi connectivity index (χ4n) is 3.51. The smallest absolute Gasteiger partial charge is 0.341 e. The molecule has 4 nitrogen and oxygen atoms in total. The Balaban J connectivity index is 1.76. The Morgan fingerprint density at radius 3 is 2.25 bits per heavy atom. The van der Waals surface area contributed by atoms with Gasteiger partial charge in [-0.1, -0.05) is 65.3 Å². The third-order valence-electron chi connectivity index (χ3n) is 5.29. The quantitative estimate of drug-likeness (QED) is 0.218. The summed E-state index contributed by atoms with van der Waals surface area (Å²) in [7, 11) is 0. The summed E-state index contributed by atoms with van der Waals surface area (Å²) in [6.07, 6.45) is -0.301. The van der Waals surface area contributed by atoms with Crippen molar-refractivity contribution in [3.63, 3.8) is 0 Å². The molecule has 0 aliphatic rings. The van der Waals surface area contributed by atoms with E-state index in [1.54, 1.807) is 30.3 Å². The van der Waals surface area contributed by atoms with Crippen LogP contribution in [0.25, 0.3) is 11.1 Å². The second-order valence-electron chi connectivity index (χ2n) is 7.53. The third-order valence-corrected chi connectivity index (χ3v) is 5.54. The number of alkyl halides is 1. The van der Waals surface area contributed by atoms with E-state index >= 15 is 4.39 Å². The molecule has 0 saturated heterocycles. The molecule has 0 fully saturated rings. The van der Waals surface area contributed by atoms with Crippen LogP contribution in [0.3, 0.4) is 0 Å². The zero-order valence-electron chi connectivity index (χ0n) is 17.1. The lowest BCUT2D eigenvalue weighted by molar-refractivity contribution is -0.151. The van der Waals surface area contributed by atoms with Crippen LogP contribution in [-0.4, -0.2) is 27.7 Å². The lowest BCUT2D eigenvalue weighted by Gasteiger charge is -2.21. The number of nitrogens with zero attached hydrogens (tertiary/aromatic N) is 1. The van der Waals surface area contributed by atoms with Crippen LogP contribution in [0.1, 0.15) is 30.4 Å². The first kappa shape index (κ1) is 23.4. The normalized spacial score (nSPS) is 13.5. The van der Waals surface area contributed by atoms with E-state index in [-0.39, 0.29) is 24.1 Å². The van der Waals surface area contributed by atoms with Crippen molar-refractivity contribution in [1.82, 2.24) is 0 Å². The molecule has 7 heteroatoms. The monoisotopic (exact) mass is 457 g/mol. The van der Waals surface area contributed by atoms with Gasteiger partial charge in [-0.3, -0.25) is 0 Å². The third kappa shape index (κ3) is 5.71. The molecule has 0 radical (unpaired) electrons. The summed E-state index contributed by atoms with van der Waals surface area (Å²) in [6, 6.07) is 20.2. The Bertz CT molecular complexity index is 1100. The number of benzene rings is 3. The zero-order chi connectivity index (χ0) is 23.1. The predicted molar refractivity (Wildman–Crippen MR) is 121 cm³/mol. The molecule has 0 bridgehead atoms. The van der Waals surface area contributed by atoms with Crippen molar-refractivity contribution in [1.29, 1.82) is 0 Å². The number of aliphatic carboxylic acids is 1. The van der Waals surface area contributed by atoms with Crippen LogP contribution in [0.5, 0.6) is 0 Å². The average molecular weight is 458 g/mol. The van der Waals surface area contributed by atoms with Gasteiger partial charge in [-0.25, -0.2) is 13.6 Å². The molecule has 1 atom stereocenters. The largest absolute Gasteiger partial charge is 0.479 e. The zero-order valence-corrected chi connectivity index (χ0v) is 17.9. The Hall–Kier alpha value is -3.25. The van der Waals surface area contributed by atoms with E-state index in [4.69, 9.17) is 11.6 Å². The van der Waals surface area contributed by atoms with Crippen LogP contribution in [0, 0.1) is 5.82 Å². The van der Waals surface area contributed by atoms with Gasteiger partial charge in [-0.2, -0.15) is 0 Å². The van der Waals surface area contributed by atoms with E-state index in [2.05, 4.69) is 5.16 Å². The highest BCUT2D eigenvalue weighted by Gasteiger charge is 2.40. The molecule has 0 spiro atoms. The predicted octanol–water partition coefficient (Wildman–Crippen LogP) is 6.53. The van der Waals surface area contributed by atoms with Gasteiger partial charge in [0.05, 0.1) is 5.71 Å². The summed E-state index contributed by atoms with van der Waals surface area (Å²) in [5, 5.41) is 22.5. The number of carbonyl (C=O) groups is 1. The topological polar surface area (TPSA) is 69.9 Å². The van der Waals surface area contributed by atoms with Crippen molar-refractivity contribution in [2.45, 2.75) is 31.4 Å². The molecule has 0 amide bonds. The van der Waals surface area contributed by atoms with Crippen molar-refractivity contribution in [2.75, 3.05) is 0 Å². The van der Waals surface area contributed by atoms with Crippen molar-refractivity contribution >= 4 is 23.3 Å². The standard InChI is InChI=1S/C25H22ClF2NO3/c26-20-11-8-18(9-12-20)19-10-13-21(22(27)15-19)23(29-32)16-25(28,24(30)31)14-4-7-17-5-2-1-3-6-17/h1-3,5-6,8-13,15,32H,4,7,14,16H2,(H,30,31). The number of hydrogen-bond acceptors (Lipinski definition) is 3. The summed E-state index contributed by atoms with van der Waals surface area (Å²) in [5.74, 6) is -2.42. The molecule has 0 aliphatic carbocycles. The maximum atomic E-state index is 15.3. The van der Waals surface area contributed by atoms with E-state index < -0.39 is 23.9 Å². The van der Waals surface area contributed by atoms with Crippen molar-refractivity contribution in [3.05, 3.63) is 94.8 Å². The maximum absolute atomic E-state index is 15.3. The Labute approximate surface area is 189 Å². The highest BCUT2D eigenvalue weighted by Crippen LogP contribution is 2.29. The molecule has 0 aliphatic heterocycles. The Morgan fingerprint density at radius 2 is 1.66 bits per heavy atom. The minimum atomic E-state index is -2.70. The maximum Gasteiger partial charge on any atom is 0.341 e. The summed E-state index contributed by atoms with van der Waals surface area (Å²) in [6.45, 7) is 0.